The van der Waals surface area contributed by atoms with Gasteiger partial charge in [-0.1, -0.05) is 17.3 Å². The number of anilines is 1. The van der Waals surface area contributed by atoms with Gasteiger partial charge in [0.1, 0.15) is 16.4 Å². The third-order valence-corrected chi connectivity index (χ3v) is 9.22. The van der Waals surface area contributed by atoms with Crippen LogP contribution < -0.4 is 5.32 Å². The van der Waals surface area contributed by atoms with Gasteiger partial charge in [0.15, 0.2) is 5.76 Å². The van der Waals surface area contributed by atoms with Crippen LogP contribution in [0.4, 0.5) is 5.82 Å². The Morgan fingerprint density at radius 1 is 1.21 bits per heavy atom. The molecule has 1 saturated heterocycles. The summed E-state index contributed by atoms with van der Waals surface area (Å²) in [4.78, 5) is 11.7. The number of nitrogens with one attached hydrogen (secondary N) is 1. The lowest BCUT2D eigenvalue weighted by molar-refractivity contribution is 0.184. The second-order valence-electron chi connectivity index (χ2n) is 8.36. The van der Waals surface area contributed by atoms with Crippen molar-refractivity contribution in [2.24, 2.45) is 0 Å². The van der Waals surface area contributed by atoms with Gasteiger partial charge in [-0.15, -0.1) is 11.3 Å². The van der Waals surface area contributed by atoms with Crippen molar-refractivity contribution in [3.63, 3.8) is 0 Å². The molecule has 0 aliphatic carbocycles. The summed E-state index contributed by atoms with van der Waals surface area (Å²) in [7, 11) is -3.54. The highest BCUT2D eigenvalue weighted by Crippen LogP contribution is 2.33. The van der Waals surface area contributed by atoms with Crippen molar-refractivity contribution < 1.29 is 12.9 Å². The quantitative estimate of drug-likeness (QED) is 0.415. The van der Waals surface area contributed by atoms with Crippen LogP contribution in [0.3, 0.4) is 0 Å². The second-order valence-corrected chi connectivity index (χ2v) is 11.6. The van der Waals surface area contributed by atoms with Gasteiger partial charge in [-0.05, 0) is 32.0 Å². The highest BCUT2D eigenvalue weighted by atomic mass is 32.2. The van der Waals surface area contributed by atoms with Crippen molar-refractivity contribution in [2.75, 3.05) is 38.0 Å². The number of sulfonamides is 1. The zero-order valence-corrected chi connectivity index (χ0v) is 20.6. The highest BCUT2D eigenvalue weighted by molar-refractivity contribution is 7.91. The van der Waals surface area contributed by atoms with E-state index in [0.29, 0.717) is 36.1 Å². The summed E-state index contributed by atoms with van der Waals surface area (Å²) < 4.78 is 33.5. The number of fused-ring (bicyclic) bond motifs is 1. The fourth-order valence-electron chi connectivity index (χ4n) is 4.07. The number of benzene rings is 1. The standard InChI is InChI=1S/C23H25N6O3S2/c1-16-13-20(32-27-16)21-7-8-22(33-21)34(30,31)29-11-9-28(10-12-29)14-17(2)26-23-18-5-3-4-6-19(18)24-15-25-23/h3-5,7-8,13,15,17H,9-12,14H2,1-2H3,(H,24,25,26)/t17-/m0/s1. The predicted octanol–water partition coefficient (Wildman–Crippen LogP) is 3.26. The van der Waals surface area contributed by atoms with Crippen molar-refractivity contribution in [3.8, 4) is 10.6 Å². The number of aromatic nitrogens is 3. The van der Waals surface area contributed by atoms with Crippen molar-refractivity contribution >= 4 is 38.1 Å². The monoisotopic (exact) mass is 497 g/mol. The zero-order chi connectivity index (χ0) is 23.7. The molecule has 0 bridgehead atoms. The second kappa shape index (κ2) is 9.41. The molecule has 177 valence electrons. The molecular weight excluding hydrogens is 472 g/mol. The molecule has 0 spiro atoms. The van der Waals surface area contributed by atoms with Gasteiger partial charge in [0.25, 0.3) is 10.0 Å². The van der Waals surface area contributed by atoms with Crippen molar-refractivity contribution in [1.82, 2.24) is 24.3 Å². The normalized spacial score (nSPS) is 16.6. The molecule has 1 atom stereocenters. The summed E-state index contributed by atoms with van der Waals surface area (Å²) in [5, 5.41) is 8.28. The SMILES string of the molecule is Cc1cc(-c2ccc(S(=O)(=O)N3CCN(C[C@H](C)Nc4ncnc5[c]cccc45)CC3)s2)on1. The first-order valence-electron chi connectivity index (χ1n) is 11.0. The Hall–Kier alpha value is -2.86. The molecule has 1 aliphatic rings. The van der Waals surface area contributed by atoms with E-state index in [1.54, 1.807) is 22.5 Å². The Kier molecular flexibility index (Phi) is 6.34. The van der Waals surface area contributed by atoms with Gasteiger partial charge in [-0.25, -0.2) is 18.4 Å². The van der Waals surface area contributed by atoms with Crippen LogP contribution in [-0.4, -0.2) is 71.5 Å². The van der Waals surface area contributed by atoms with Gasteiger partial charge >= 0.3 is 0 Å². The summed E-state index contributed by atoms with van der Waals surface area (Å²) in [5.41, 5.74) is 1.54. The Labute approximate surface area is 202 Å². The minimum absolute atomic E-state index is 0.131. The van der Waals surface area contributed by atoms with Crippen LogP contribution in [0, 0.1) is 13.0 Å². The Bertz CT molecular complexity index is 1390. The number of rotatable bonds is 7. The van der Waals surface area contributed by atoms with Crippen molar-refractivity contribution in [2.45, 2.75) is 24.1 Å². The van der Waals surface area contributed by atoms with E-state index in [-0.39, 0.29) is 6.04 Å². The first kappa shape index (κ1) is 22.9. The molecule has 1 N–H and O–H groups in total. The number of hydrogen-bond donors (Lipinski definition) is 1. The van der Waals surface area contributed by atoms with Crippen molar-refractivity contribution in [3.05, 3.63) is 54.5 Å². The molecule has 34 heavy (non-hydrogen) atoms. The lowest BCUT2D eigenvalue weighted by Crippen LogP contribution is -2.50. The average molecular weight is 498 g/mol. The molecule has 9 nitrogen and oxygen atoms in total. The molecule has 1 aliphatic heterocycles. The van der Waals surface area contributed by atoms with Crippen LogP contribution in [0.5, 0.6) is 0 Å². The number of nitrogens with zero attached hydrogens (tertiary/aromatic N) is 5. The molecule has 0 amide bonds. The van der Waals surface area contributed by atoms with Crippen molar-refractivity contribution in [1.29, 1.82) is 0 Å². The van der Waals surface area contributed by atoms with E-state index >= 15 is 0 Å². The van der Waals surface area contributed by atoms with Crippen LogP contribution in [0.1, 0.15) is 12.6 Å². The maximum Gasteiger partial charge on any atom is 0.252 e. The summed E-state index contributed by atoms with van der Waals surface area (Å²) in [5.74, 6) is 1.37. The molecule has 1 fully saturated rings. The summed E-state index contributed by atoms with van der Waals surface area (Å²) in [6.45, 7) is 6.96. The van der Waals surface area contributed by atoms with E-state index in [1.165, 1.54) is 17.7 Å². The van der Waals surface area contributed by atoms with E-state index in [0.717, 1.165) is 33.8 Å². The van der Waals surface area contributed by atoms with Crippen LogP contribution in [0.2, 0.25) is 0 Å². The Morgan fingerprint density at radius 2 is 2.03 bits per heavy atom. The van der Waals surface area contributed by atoms with Gasteiger partial charge in [-0.3, -0.25) is 4.90 Å². The molecule has 1 aromatic carbocycles. The lowest BCUT2D eigenvalue weighted by atomic mass is 10.2. The largest absolute Gasteiger partial charge is 0.366 e. The number of aryl methyl sites for hydroxylation is 1. The third-order valence-electron chi connectivity index (χ3n) is 5.76. The topological polar surface area (TPSA) is 104 Å². The third kappa shape index (κ3) is 4.69. The zero-order valence-electron chi connectivity index (χ0n) is 18.9. The molecule has 4 aromatic rings. The van der Waals surface area contributed by atoms with Crippen LogP contribution >= 0.6 is 11.3 Å². The molecule has 1 radical (unpaired) electrons. The molecule has 3 aromatic heterocycles. The van der Waals surface area contributed by atoms with Gasteiger partial charge in [0.2, 0.25) is 0 Å². The van der Waals surface area contributed by atoms with Crippen LogP contribution in [0.15, 0.2) is 51.5 Å². The molecular formula is C23H25N6O3S2. The van der Waals surface area contributed by atoms with Crippen LogP contribution in [-0.2, 0) is 10.0 Å². The fourth-order valence-corrected chi connectivity index (χ4v) is 6.90. The minimum Gasteiger partial charge on any atom is -0.366 e. The Balaban J connectivity index is 1.18. The predicted molar refractivity (Wildman–Crippen MR) is 131 cm³/mol. The van der Waals surface area contributed by atoms with E-state index in [1.807, 2.05) is 25.1 Å². The van der Waals surface area contributed by atoms with Gasteiger partial charge < -0.3 is 9.84 Å². The summed E-state index contributed by atoms with van der Waals surface area (Å²) in [6, 6.07) is 14.2. The number of piperazine rings is 1. The van der Waals surface area contributed by atoms with E-state index in [2.05, 4.69) is 38.3 Å². The van der Waals surface area contributed by atoms with Crippen LogP contribution in [0.25, 0.3) is 21.5 Å². The maximum atomic E-state index is 13.2. The number of para-hydroxylation sites is 1. The van der Waals surface area contributed by atoms with E-state index in [4.69, 9.17) is 4.52 Å². The Morgan fingerprint density at radius 3 is 2.79 bits per heavy atom. The number of hydrogen-bond acceptors (Lipinski definition) is 9. The maximum absolute atomic E-state index is 13.2. The fraction of sp³-hybridized carbons (Fsp3) is 0.348. The molecule has 0 unspecified atom stereocenters. The smallest absolute Gasteiger partial charge is 0.252 e. The molecule has 4 heterocycles. The number of thiophene rings is 1. The highest BCUT2D eigenvalue weighted by Gasteiger charge is 2.30. The molecule has 0 saturated carbocycles. The van der Waals surface area contributed by atoms with E-state index in [9.17, 15) is 8.42 Å². The van der Waals surface area contributed by atoms with E-state index < -0.39 is 10.0 Å². The lowest BCUT2D eigenvalue weighted by Gasteiger charge is -2.35. The molecule has 11 heteroatoms. The van der Waals surface area contributed by atoms with Gasteiger partial charge in [0, 0.05) is 56.3 Å². The van der Waals surface area contributed by atoms with Gasteiger partial charge in [-0.2, -0.15) is 4.31 Å². The summed E-state index contributed by atoms with van der Waals surface area (Å²) in [6.07, 6.45) is 1.54. The average Bonchev–Trinajstić information content (AvgIpc) is 3.49. The van der Waals surface area contributed by atoms with Gasteiger partial charge in [0.05, 0.1) is 16.1 Å². The molecule has 5 rings (SSSR count). The first-order valence-corrected chi connectivity index (χ1v) is 13.3. The minimum atomic E-state index is -3.54. The first-order chi connectivity index (χ1) is 16.4. The summed E-state index contributed by atoms with van der Waals surface area (Å²) >= 11 is 1.21.